The molecule has 2 N–H and O–H groups in total. The van der Waals surface area contributed by atoms with Crippen LogP contribution in [-0.4, -0.2) is 33.0 Å². The summed E-state index contributed by atoms with van der Waals surface area (Å²) in [4.78, 5) is 16.3. The van der Waals surface area contributed by atoms with E-state index in [0.29, 0.717) is 5.75 Å². The summed E-state index contributed by atoms with van der Waals surface area (Å²) in [5.41, 5.74) is 0.321. The molecule has 0 fully saturated rings. The molecule has 7 nitrogen and oxygen atoms in total. The van der Waals surface area contributed by atoms with Crippen molar-refractivity contribution in [3.8, 4) is 5.75 Å². The van der Waals surface area contributed by atoms with Crippen molar-refractivity contribution in [3.63, 3.8) is 0 Å². The molecular weight excluding hydrogens is 428 g/mol. The highest BCUT2D eigenvalue weighted by molar-refractivity contribution is 7.92. The van der Waals surface area contributed by atoms with Crippen LogP contribution in [0.15, 0.2) is 65.8 Å². The molecule has 0 saturated carbocycles. The molecule has 31 heavy (non-hydrogen) atoms. The van der Waals surface area contributed by atoms with Crippen LogP contribution in [0.3, 0.4) is 0 Å². The average molecular weight is 447 g/mol. The zero-order valence-corrected chi connectivity index (χ0v) is 17.2. The molecule has 162 valence electrons. The highest BCUT2D eigenvalue weighted by Gasteiger charge is 2.22. The van der Waals surface area contributed by atoms with E-state index >= 15 is 0 Å². The van der Waals surface area contributed by atoms with Crippen molar-refractivity contribution >= 4 is 21.6 Å². The first-order valence-corrected chi connectivity index (χ1v) is 10.6. The van der Waals surface area contributed by atoms with Crippen LogP contribution < -0.4 is 14.8 Å². The van der Waals surface area contributed by atoms with Crippen LogP contribution in [0.1, 0.15) is 15.9 Å². The van der Waals surface area contributed by atoms with Gasteiger partial charge >= 0.3 is 0 Å². The van der Waals surface area contributed by atoms with Crippen molar-refractivity contribution in [3.05, 3.63) is 83.7 Å². The summed E-state index contributed by atoms with van der Waals surface area (Å²) in [5.74, 6) is -1.69. The van der Waals surface area contributed by atoms with Gasteiger partial charge in [0, 0.05) is 18.7 Å². The first kappa shape index (κ1) is 22.2. The largest absolute Gasteiger partial charge is 0.495 e. The molecule has 1 heterocycles. The van der Waals surface area contributed by atoms with E-state index in [-0.39, 0.29) is 34.7 Å². The van der Waals surface area contributed by atoms with E-state index in [9.17, 15) is 22.0 Å². The minimum absolute atomic E-state index is 0.0308. The molecule has 0 atom stereocenters. The Hall–Kier alpha value is -3.53. The number of amides is 1. The molecule has 1 amide bonds. The third-order valence-corrected chi connectivity index (χ3v) is 5.76. The molecule has 0 aliphatic heterocycles. The fourth-order valence-electron chi connectivity index (χ4n) is 2.82. The topological polar surface area (TPSA) is 97.4 Å². The number of methoxy groups -OCH3 is 1. The number of nitrogens with one attached hydrogen (secondary N) is 2. The molecule has 0 aliphatic carbocycles. The van der Waals surface area contributed by atoms with Gasteiger partial charge in [0.15, 0.2) is 0 Å². The second-order valence-corrected chi connectivity index (χ2v) is 8.11. The first-order valence-electron chi connectivity index (χ1n) is 9.13. The molecular formula is C21H19F2N3O4S. The quantitative estimate of drug-likeness (QED) is 0.553. The standard InChI is InChI=1S/C21H19F2N3O4S/c1-30-17-11-16(12-24-13-17)26-31(28,29)20-5-3-2-4-18(20)21(27)25-9-8-14-6-7-15(22)10-19(14)23/h2-7,10-13,26H,8-9H2,1H3,(H,25,27). The van der Waals surface area contributed by atoms with Crippen molar-refractivity contribution in [2.45, 2.75) is 11.3 Å². The van der Waals surface area contributed by atoms with Crippen LogP contribution >= 0.6 is 0 Å². The second kappa shape index (κ2) is 9.52. The van der Waals surface area contributed by atoms with E-state index in [1.807, 2.05) is 0 Å². The number of anilines is 1. The number of aromatic nitrogens is 1. The van der Waals surface area contributed by atoms with Gasteiger partial charge in [0.25, 0.3) is 15.9 Å². The molecule has 3 aromatic rings. The fraction of sp³-hybridized carbons (Fsp3) is 0.143. The van der Waals surface area contributed by atoms with E-state index in [1.165, 1.54) is 55.9 Å². The van der Waals surface area contributed by atoms with E-state index in [4.69, 9.17) is 4.74 Å². The lowest BCUT2D eigenvalue weighted by molar-refractivity contribution is 0.0950. The van der Waals surface area contributed by atoms with Crippen LogP contribution in [-0.2, 0) is 16.4 Å². The van der Waals surface area contributed by atoms with Crippen LogP contribution in [0.25, 0.3) is 0 Å². The maximum atomic E-state index is 13.7. The monoisotopic (exact) mass is 447 g/mol. The number of pyridine rings is 1. The molecule has 1 aromatic heterocycles. The Labute approximate surface area is 178 Å². The number of hydrogen-bond donors (Lipinski definition) is 2. The number of ether oxygens (including phenoxy) is 1. The first-order chi connectivity index (χ1) is 14.8. The Morgan fingerprint density at radius 2 is 1.87 bits per heavy atom. The number of halogens is 2. The Morgan fingerprint density at radius 1 is 1.10 bits per heavy atom. The molecule has 3 rings (SSSR count). The number of sulfonamides is 1. The number of carbonyl (C=O) groups excluding carboxylic acids is 1. The smallest absolute Gasteiger partial charge is 0.262 e. The van der Waals surface area contributed by atoms with E-state index < -0.39 is 27.6 Å². The number of nitrogens with zero attached hydrogens (tertiary/aromatic N) is 1. The molecule has 10 heteroatoms. The summed E-state index contributed by atoms with van der Waals surface area (Å²) in [5, 5.41) is 2.56. The van der Waals surface area contributed by atoms with Gasteiger partial charge in [-0.2, -0.15) is 0 Å². The fourth-order valence-corrected chi connectivity index (χ4v) is 4.06. The minimum Gasteiger partial charge on any atom is -0.495 e. The normalized spacial score (nSPS) is 11.1. The van der Waals surface area contributed by atoms with Gasteiger partial charge in [0.1, 0.15) is 22.3 Å². The van der Waals surface area contributed by atoms with Crippen molar-refractivity contribution in [2.75, 3.05) is 18.4 Å². The van der Waals surface area contributed by atoms with Crippen molar-refractivity contribution < 1.29 is 26.7 Å². The molecule has 0 bridgehead atoms. The Balaban J connectivity index is 1.74. The van der Waals surface area contributed by atoms with Gasteiger partial charge in [-0.1, -0.05) is 18.2 Å². The lowest BCUT2D eigenvalue weighted by Crippen LogP contribution is -2.28. The zero-order valence-electron chi connectivity index (χ0n) is 16.4. The maximum absolute atomic E-state index is 13.7. The van der Waals surface area contributed by atoms with Gasteiger partial charge in [-0.3, -0.25) is 14.5 Å². The van der Waals surface area contributed by atoms with Crippen LogP contribution in [0.2, 0.25) is 0 Å². The van der Waals surface area contributed by atoms with Crippen molar-refractivity contribution in [2.24, 2.45) is 0 Å². The summed E-state index contributed by atoms with van der Waals surface area (Å²) in [6.07, 6.45) is 2.84. The third kappa shape index (κ3) is 5.54. The summed E-state index contributed by atoms with van der Waals surface area (Å²) >= 11 is 0. The third-order valence-electron chi connectivity index (χ3n) is 4.32. The van der Waals surface area contributed by atoms with E-state index in [0.717, 1.165) is 12.1 Å². The van der Waals surface area contributed by atoms with Gasteiger partial charge in [-0.15, -0.1) is 0 Å². The summed E-state index contributed by atoms with van der Waals surface area (Å²) in [7, 11) is -2.69. The Kier molecular flexibility index (Phi) is 6.81. The van der Waals surface area contributed by atoms with Crippen LogP contribution in [0.4, 0.5) is 14.5 Å². The van der Waals surface area contributed by atoms with Gasteiger partial charge < -0.3 is 10.1 Å². The predicted molar refractivity (Wildman–Crippen MR) is 110 cm³/mol. The SMILES string of the molecule is COc1cncc(NS(=O)(=O)c2ccccc2C(=O)NCCc2ccc(F)cc2F)c1. The molecule has 0 aliphatic rings. The Bertz CT molecular complexity index is 1200. The highest BCUT2D eigenvalue weighted by Crippen LogP contribution is 2.22. The van der Waals surface area contributed by atoms with E-state index in [2.05, 4.69) is 15.0 Å². The van der Waals surface area contributed by atoms with E-state index in [1.54, 1.807) is 0 Å². The number of carbonyl (C=O) groups is 1. The molecule has 0 unspecified atom stereocenters. The summed E-state index contributed by atoms with van der Waals surface area (Å²) in [6, 6.07) is 10.3. The number of hydrogen-bond acceptors (Lipinski definition) is 5. The molecule has 0 spiro atoms. The summed E-state index contributed by atoms with van der Waals surface area (Å²) < 4.78 is 59.8. The second-order valence-electron chi connectivity index (χ2n) is 6.46. The van der Waals surface area contributed by atoms with Crippen molar-refractivity contribution in [1.29, 1.82) is 0 Å². The zero-order chi connectivity index (χ0) is 22.4. The van der Waals surface area contributed by atoms with Crippen LogP contribution in [0, 0.1) is 11.6 Å². The lowest BCUT2D eigenvalue weighted by Gasteiger charge is -2.13. The molecule has 0 saturated heterocycles. The van der Waals surface area contributed by atoms with Gasteiger partial charge in [0.2, 0.25) is 0 Å². The lowest BCUT2D eigenvalue weighted by atomic mass is 10.1. The van der Waals surface area contributed by atoms with Crippen molar-refractivity contribution in [1.82, 2.24) is 10.3 Å². The molecule has 2 aromatic carbocycles. The predicted octanol–water partition coefficient (Wildman–Crippen LogP) is 3.14. The average Bonchev–Trinajstić information content (AvgIpc) is 2.75. The van der Waals surface area contributed by atoms with Crippen LogP contribution in [0.5, 0.6) is 5.75 Å². The Morgan fingerprint density at radius 3 is 2.61 bits per heavy atom. The maximum Gasteiger partial charge on any atom is 0.262 e. The molecule has 0 radical (unpaired) electrons. The number of rotatable bonds is 8. The van der Waals surface area contributed by atoms with Gasteiger partial charge in [0.05, 0.1) is 30.8 Å². The number of benzene rings is 2. The minimum atomic E-state index is -4.11. The highest BCUT2D eigenvalue weighted by atomic mass is 32.2. The van der Waals surface area contributed by atoms with Gasteiger partial charge in [-0.25, -0.2) is 17.2 Å². The van der Waals surface area contributed by atoms with Gasteiger partial charge in [-0.05, 0) is 30.2 Å². The summed E-state index contributed by atoms with van der Waals surface area (Å²) in [6.45, 7) is 0.0308.